The summed E-state index contributed by atoms with van der Waals surface area (Å²) in [6.07, 6.45) is 5.44. The van der Waals surface area contributed by atoms with Crippen LogP contribution in [0.15, 0.2) is 18.6 Å². The first-order valence-electron chi connectivity index (χ1n) is 5.00. The molecule has 0 fully saturated rings. The summed E-state index contributed by atoms with van der Waals surface area (Å²) in [6.45, 7) is 1.13. The second-order valence-corrected chi connectivity index (χ2v) is 3.45. The summed E-state index contributed by atoms with van der Waals surface area (Å²) in [4.78, 5) is 0. The van der Waals surface area contributed by atoms with Crippen molar-refractivity contribution in [3.8, 4) is 0 Å². The molecule has 2 aromatic rings. The maximum absolute atomic E-state index is 8.72. The summed E-state index contributed by atoms with van der Waals surface area (Å²) in [6, 6.07) is 0. The van der Waals surface area contributed by atoms with Crippen molar-refractivity contribution in [2.75, 3.05) is 11.9 Å². The number of aliphatic hydroxyl groups excluding tert-OH is 1. The Labute approximate surface area is 92.7 Å². The minimum Gasteiger partial charge on any atom is -0.394 e. The Morgan fingerprint density at radius 2 is 2.31 bits per heavy atom. The predicted molar refractivity (Wildman–Crippen MR) is 57.6 cm³/mol. The smallest absolute Gasteiger partial charge is 0.102 e. The quantitative estimate of drug-likeness (QED) is 0.720. The van der Waals surface area contributed by atoms with Crippen LogP contribution in [-0.2, 0) is 20.1 Å². The molecule has 0 amide bonds. The molecule has 2 N–H and O–H groups in total. The summed E-state index contributed by atoms with van der Waals surface area (Å²) in [5.74, 6) is 0. The minimum atomic E-state index is 0.0683. The Bertz CT molecular complexity index is 448. The van der Waals surface area contributed by atoms with Gasteiger partial charge < -0.3 is 10.4 Å². The third kappa shape index (κ3) is 2.57. The van der Waals surface area contributed by atoms with Crippen LogP contribution in [-0.4, -0.2) is 36.5 Å². The monoisotopic (exact) mass is 222 g/mol. The van der Waals surface area contributed by atoms with Crippen LogP contribution in [0.3, 0.4) is 0 Å². The molecule has 0 aliphatic heterocycles. The van der Waals surface area contributed by atoms with Crippen molar-refractivity contribution in [1.29, 1.82) is 0 Å². The van der Waals surface area contributed by atoms with Crippen LogP contribution < -0.4 is 5.32 Å². The molecule has 86 valence electrons. The summed E-state index contributed by atoms with van der Waals surface area (Å²) < 4.78 is 3.34. The zero-order chi connectivity index (χ0) is 11.4. The van der Waals surface area contributed by atoms with Gasteiger partial charge in [0.25, 0.3) is 0 Å². The molecule has 0 saturated carbocycles. The molecule has 2 aromatic heterocycles. The van der Waals surface area contributed by atoms with Crippen molar-refractivity contribution in [3.63, 3.8) is 0 Å². The van der Waals surface area contributed by atoms with E-state index in [-0.39, 0.29) is 6.61 Å². The number of nitrogens with zero attached hydrogens (tertiary/aromatic N) is 5. The van der Waals surface area contributed by atoms with Gasteiger partial charge in [0.1, 0.15) is 5.69 Å². The molecule has 0 saturated heterocycles. The van der Waals surface area contributed by atoms with Crippen molar-refractivity contribution >= 4 is 5.69 Å². The van der Waals surface area contributed by atoms with Crippen molar-refractivity contribution in [2.24, 2.45) is 7.05 Å². The third-order valence-electron chi connectivity index (χ3n) is 2.09. The van der Waals surface area contributed by atoms with E-state index < -0.39 is 0 Å². The molecule has 2 heterocycles. The van der Waals surface area contributed by atoms with Gasteiger partial charge in [-0.25, -0.2) is 4.68 Å². The number of aryl methyl sites for hydroxylation is 1. The van der Waals surface area contributed by atoms with Gasteiger partial charge in [-0.05, 0) is 0 Å². The third-order valence-corrected chi connectivity index (χ3v) is 2.09. The molecule has 0 aromatic carbocycles. The molecule has 7 heteroatoms. The molecular weight excluding hydrogens is 208 g/mol. The second-order valence-electron chi connectivity index (χ2n) is 3.45. The van der Waals surface area contributed by atoms with E-state index in [0.29, 0.717) is 13.1 Å². The number of anilines is 1. The zero-order valence-corrected chi connectivity index (χ0v) is 9.04. The van der Waals surface area contributed by atoms with Gasteiger partial charge in [-0.1, -0.05) is 5.21 Å². The van der Waals surface area contributed by atoms with E-state index in [4.69, 9.17) is 5.11 Å². The lowest BCUT2D eigenvalue weighted by Gasteiger charge is -1.98. The van der Waals surface area contributed by atoms with Gasteiger partial charge >= 0.3 is 0 Å². The molecule has 7 nitrogen and oxygen atoms in total. The predicted octanol–water partition coefficient (Wildman–Crippen LogP) is -0.384. The van der Waals surface area contributed by atoms with Crippen LogP contribution in [0.4, 0.5) is 5.69 Å². The highest BCUT2D eigenvalue weighted by atomic mass is 16.3. The lowest BCUT2D eigenvalue weighted by Crippen LogP contribution is -2.02. The number of hydrogen-bond acceptors (Lipinski definition) is 5. The Balaban J connectivity index is 1.89. The van der Waals surface area contributed by atoms with Crippen LogP contribution in [0.1, 0.15) is 5.69 Å². The maximum Gasteiger partial charge on any atom is 0.102 e. The molecular formula is C9H14N6O. The number of nitrogens with one attached hydrogen (secondary N) is 1. The van der Waals surface area contributed by atoms with E-state index in [1.54, 1.807) is 21.8 Å². The maximum atomic E-state index is 8.72. The fourth-order valence-electron chi connectivity index (χ4n) is 1.34. The molecule has 16 heavy (non-hydrogen) atoms. The van der Waals surface area contributed by atoms with E-state index >= 15 is 0 Å². The Hall–Kier alpha value is -1.89. The number of aliphatic hydroxyl groups is 1. The highest BCUT2D eigenvalue weighted by Crippen LogP contribution is 2.05. The summed E-state index contributed by atoms with van der Waals surface area (Å²) in [5, 5.41) is 23.8. The topological polar surface area (TPSA) is 80.8 Å². The Morgan fingerprint density at radius 1 is 1.44 bits per heavy atom. The van der Waals surface area contributed by atoms with Gasteiger partial charge in [-0.2, -0.15) is 5.10 Å². The molecule has 0 radical (unpaired) electrons. The molecule has 0 spiro atoms. The van der Waals surface area contributed by atoms with Crippen molar-refractivity contribution in [3.05, 3.63) is 24.3 Å². The Morgan fingerprint density at radius 3 is 3.00 bits per heavy atom. The largest absolute Gasteiger partial charge is 0.394 e. The number of aromatic nitrogens is 5. The fourth-order valence-corrected chi connectivity index (χ4v) is 1.34. The van der Waals surface area contributed by atoms with E-state index in [0.717, 1.165) is 11.4 Å². The van der Waals surface area contributed by atoms with Crippen LogP contribution in [0.2, 0.25) is 0 Å². The van der Waals surface area contributed by atoms with E-state index in [9.17, 15) is 0 Å². The van der Waals surface area contributed by atoms with Crippen molar-refractivity contribution in [1.82, 2.24) is 24.8 Å². The standard InChI is InChI=1S/C9H14N6O/c1-14-6-8(5-11-14)10-4-9-7-15(2-3-16)13-12-9/h5-7,10,16H,2-4H2,1H3. The van der Waals surface area contributed by atoms with Gasteiger partial charge in [-0.15, -0.1) is 5.10 Å². The van der Waals surface area contributed by atoms with Crippen LogP contribution in [0.5, 0.6) is 0 Å². The summed E-state index contributed by atoms with van der Waals surface area (Å²) >= 11 is 0. The second kappa shape index (κ2) is 4.75. The van der Waals surface area contributed by atoms with E-state index in [1.165, 1.54) is 0 Å². The molecule has 0 atom stereocenters. The lowest BCUT2D eigenvalue weighted by molar-refractivity contribution is 0.268. The van der Waals surface area contributed by atoms with Gasteiger partial charge in [-0.3, -0.25) is 4.68 Å². The molecule has 0 unspecified atom stereocenters. The van der Waals surface area contributed by atoms with Gasteiger partial charge in [0, 0.05) is 13.2 Å². The number of hydrogen-bond donors (Lipinski definition) is 2. The SMILES string of the molecule is Cn1cc(NCc2cn(CCO)nn2)cn1. The fraction of sp³-hybridized carbons (Fsp3) is 0.444. The van der Waals surface area contributed by atoms with Crippen molar-refractivity contribution < 1.29 is 5.11 Å². The minimum absolute atomic E-state index is 0.0683. The molecule has 2 rings (SSSR count). The van der Waals surface area contributed by atoms with E-state index in [2.05, 4.69) is 20.7 Å². The average Bonchev–Trinajstić information content (AvgIpc) is 2.85. The normalized spacial score (nSPS) is 10.6. The number of rotatable bonds is 5. The first-order valence-corrected chi connectivity index (χ1v) is 5.00. The van der Waals surface area contributed by atoms with Crippen LogP contribution in [0, 0.1) is 0 Å². The first-order chi connectivity index (χ1) is 7.78. The van der Waals surface area contributed by atoms with Crippen LogP contribution >= 0.6 is 0 Å². The highest BCUT2D eigenvalue weighted by Gasteiger charge is 2.01. The summed E-state index contributed by atoms with van der Waals surface area (Å²) in [7, 11) is 1.86. The average molecular weight is 222 g/mol. The summed E-state index contributed by atoms with van der Waals surface area (Å²) in [5.41, 5.74) is 1.77. The van der Waals surface area contributed by atoms with Crippen molar-refractivity contribution in [2.45, 2.75) is 13.1 Å². The first kappa shape index (κ1) is 10.6. The molecule has 0 aliphatic rings. The van der Waals surface area contributed by atoms with Gasteiger partial charge in [0.2, 0.25) is 0 Å². The van der Waals surface area contributed by atoms with Gasteiger partial charge in [0.05, 0.1) is 37.8 Å². The van der Waals surface area contributed by atoms with Crippen LogP contribution in [0.25, 0.3) is 0 Å². The molecule has 0 bridgehead atoms. The van der Waals surface area contributed by atoms with E-state index in [1.807, 2.05) is 13.2 Å². The lowest BCUT2D eigenvalue weighted by atomic mass is 10.4. The molecule has 0 aliphatic carbocycles. The Kier molecular flexibility index (Phi) is 3.16. The highest BCUT2D eigenvalue weighted by molar-refractivity contribution is 5.38. The van der Waals surface area contributed by atoms with Gasteiger partial charge in [0.15, 0.2) is 0 Å². The zero-order valence-electron chi connectivity index (χ0n) is 9.04.